The van der Waals surface area contributed by atoms with Gasteiger partial charge in [-0.3, -0.25) is 4.99 Å². The lowest BCUT2D eigenvalue weighted by atomic mass is 10.0. The van der Waals surface area contributed by atoms with Gasteiger partial charge in [0, 0.05) is 25.3 Å². The molecule has 0 saturated carbocycles. The molecule has 1 aliphatic rings. The van der Waals surface area contributed by atoms with Crippen LogP contribution in [0.5, 0.6) is 0 Å². The first-order chi connectivity index (χ1) is 10.9. The Hall–Kier alpha value is -1.55. The molecule has 0 spiro atoms. The molecule has 1 aromatic carbocycles. The average Bonchev–Trinajstić information content (AvgIpc) is 2.92. The third-order valence-corrected chi connectivity index (χ3v) is 4.34. The number of hydrogen-bond donors (Lipinski definition) is 2. The molecule has 0 radical (unpaired) electrons. The van der Waals surface area contributed by atoms with Crippen molar-refractivity contribution in [2.75, 3.05) is 31.5 Å². The molecule has 1 saturated heterocycles. The zero-order valence-corrected chi connectivity index (χ0v) is 15.0. The van der Waals surface area contributed by atoms with E-state index in [1.54, 1.807) is 0 Å². The molecule has 0 aromatic heterocycles. The minimum Gasteiger partial charge on any atom is -0.370 e. The van der Waals surface area contributed by atoms with E-state index in [-0.39, 0.29) is 0 Å². The molecule has 1 aliphatic heterocycles. The standard InChI is InChI=1S/C19H32N4/c1-14(2)12-23-9-8-16(13-23)11-21-19(20)22-18-7-5-6-17(10-18)15(3)4/h5-7,10,14-16H,8-9,11-13H2,1-4H3,(H3,20,21,22). The number of anilines is 1. The number of rotatable bonds is 6. The van der Waals surface area contributed by atoms with Gasteiger partial charge in [0.2, 0.25) is 0 Å². The lowest BCUT2D eigenvalue weighted by molar-refractivity contribution is 0.288. The maximum absolute atomic E-state index is 6.05. The predicted molar refractivity (Wildman–Crippen MR) is 100 cm³/mol. The molecule has 3 N–H and O–H groups in total. The number of nitrogens with one attached hydrogen (secondary N) is 1. The lowest BCUT2D eigenvalue weighted by Crippen LogP contribution is -2.27. The SMILES string of the molecule is CC(C)CN1CCC(CN=C(N)Nc2cccc(C(C)C)c2)C1. The molecule has 2 rings (SSSR count). The van der Waals surface area contributed by atoms with Crippen molar-refractivity contribution in [1.82, 2.24) is 4.90 Å². The van der Waals surface area contributed by atoms with Gasteiger partial charge in [-0.25, -0.2) is 0 Å². The Morgan fingerprint density at radius 2 is 2.13 bits per heavy atom. The van der Waals surface area contributed by atoms with Crippen LogP contribution in [0.15, 0.2) is 29.3 Å². The zero-order valence-electron chi connectivity index (χ0n) is 15.0. The van der Waals surface area contributed by atoms with Crippen LogP contribution in [0.4, 0.5) is 5.69 Å². The second kappa shape index (κ2) is 8.34. The Bertz CT molecular complexity index is 522. The summed E-state index contributed by atoms with van der Waals surface area (Å²) in [5, 5.41) is 3.22. The minimum atomic E-state index is 0.514. The van der Waals surface area contributed by atoms with Gasteiger partial charge >= 0.3 is 0 Å². The second-order valence-electron chi connectivity index (χ2n) is 7.44. The third kappa shape index (κ3) is 5.87. The van der Waals surface area contributed by atoms with Crippen molar-refractivity contribution >= 4 is 11.6 Å². The Kier molecular flexibility index (Phi) is 6.46. The van der Waals surface area contributed by atoms with Gasteiger partial charge in [0.15, 0.2) is 5.96 Å². The van der Waals surface area contributed by atoms with Crippen molar-refractivity contribution in [2.45, 2.75) is 40.0 Å². The monoisotopic (exact) mass is 316 g/mol. The van der Waals surface area contributed by atoms with Crippen LogP contribution in [0.3, 0.4) is 0 Å². The summed E-state index contributed by atoms with van der Waals surface area (Å²) in [5.74, 6) is 2.40. The summed E-state index contributed by atoms with van der Waals surface area (Å²) < 4.78 is 0. The summed E-state index contributed by atoms with van der Waals surface area (Å²) in [6.07, 6.45) is 1.23. The molecule has 1 atom stereocenters. The van der Waals surface area contributed by atoms with E-state index in [1.807, 2.05) is 6.07 Å². The number of nitrogens with zero attached hydrogens (tertiary/aromatic N) is 2. The molecule has 128 valence electrons. The summed E-state index contributed by atoms with van der Waals surface area (Å²) >= 11 is 0. The van der Waals surface area contributed by atoms with Gasteiger partial charge in [0.25, 0.3) is 0 Å². The molecule has 0 amide bonds. The topological polar surface area (TPSA) is 53.6 Å². The molecule has 4 nitrogen and oxygen atoms in total. The molecular formula is C19H32N4. The summed E-state index contributed by atoms with van der Waals surface area (Å²) in [7, 11) is 0. The molecule has 1 fully saturated rings. The molecule has 1 unspecified atom stereocenters. The van der Waals surface area contributed by atoms with Crippen molar-refractivity contribution in [3.8, 4) is 0 Å². The van der Waals surface area contributed by atoms with Crippen molar-refractivity contribution in [2.24, 2.45) is 22.6 Å². The molecule has 0 aliphatic carbocycles. The Morgan fingerprint density at radius 3 is 2.83 bits per heavy atom. The van der Waals surface area contributed by atoms with E-state index in [0.29, 0.717) is 17.8 Å². The first-order valence-corrected chi connectivity index (χ1v) is 8.83. The number of benzene rings is 1. The highest BCUT2D eigenvalue weighted by Gasteiger charge is 2.22. The van der Waals surface area contributed by atoms with Crippen LogP contribution in [-0.2, 0) is 0 Å². The van der Waals surface area contributed by atoms with E-state index in [1.165, 1.54) is 25.1 Å². The van der Waals surface area contributed by atoms with Crippen LogP contribution in [0.25, 0.3) is 0 Å². The fourth-order valence-corrected chi connectivity index (χ4v) is 3.13. The fraction of sp³-hybridized carbons (Fsp3) is 0.632. The first-order valence-electron chi connectivity index (χ1n) is 8.83. The largest absolute Gasteiger partial charge is 0.370 e. The van der Waals surface area contributed by atoms with Crippen LogP contribution >= 0.6 is 0 Å². The summed E-state index contributed by atoms with van der Waals surface area (Å²) in [6.45, 7) is 13.3. The van der Waals surface area contributed by atoms with Crippen molar-refractivity contribution in [3.05, 3.63) is 29.8 Å². The van der Waals surface area contributed by atoms with Crippen LogP contribution in [0.2, 0.25) is 0 Å². The average molecular weight is 316 g/mol. The number of nitrogens with two attached hydrogens (primary N) is 1. The Labute approximate surface area is 141 Å². The number of hydrogen-bond acceptors (Lipinski definition) is 2. The van der Waals surface area contributed by atoms with Gasteiger partial charge in [-0.15, -0.1) is 0 Å². The zero-order chi connectivity index (χ0) is 16.8. The van der Waals surface area contributed by atoms with Crippen molar-refractivity contribution in [3.63, 3.8) is 0 Å². The van der Waals surface area contributed by atoms with E-state index in [9.17, 15) is 0 Å². The number of likely N-dealkylation sites (tertiary alicyclic amines) is 1. The highest BCUT2D eigenvalue weighted by molar-refractivity contribution is 5.92. The van der Waals surface area contributed by atoms with Crippen molar-refractivity contribution in [1.29, 1.82) is 0 Å². The lowest BCUT2D eigenvalue weighted by Gasteiger charge is -2.17. The van der Waals surface area contributed by atoms with Crippen LogP contribution in [-0.4, -0.2) is 37.0 Å². The third-order valence-electron chi connectivity index (χ3n) is 4.34. The maximum Gasteiger partial charge on any atom is 0.193 e. The fourth-order valence-electron chi connectivity index (χ4n) is 3.13. The summed E-state index contributed by atoms with van der Waals surface area (Å²) in [5.41, 5.74) is 8.38. The number of aliphatic imine (C=N–C) groups is 1. The number of guanidine groups is 1. The Morgan fingerprint density at radius 1 is 1.35 bits per heavy atom. The van der Waals surface area contributed by atoms with Crippen LogP contribution in [0.1, 0.15) is 45.6 Å². The van der Waals surface area contributed by atoms with E-state index in [4.69, 9.17) is 5.73 Å². The molecular weight excluding hydrogens is 284 g/mol. The molecule has 1 aromatic rings. The summed E-state index contributed by atoms with van der Waals surface area (Å²) in [4.78, 5) is 7.09. The smallest absolute Gasteiger partial charge is 0.193 e. The van der Waals surface area contributed by atoms with Gasteiger partial charge in [-0.1, -0.05) is 39.8 Å². The van der Waals surface area contributed by atoms with Gasteiger partial charge in [0.05, 0.1) is 0 Å². The minimum absolute atomic E-state index is 0.514. The van der Waals surface area contributed by atoms with Gasteiger partial charge in [0.1, 0.15) is 0 Å². The molecule has 1 heterocycles. The maximum atomic E-state index is 6.05. The van der Waals surface area contributed by atoms with Crippen LogP contribution in [0, 0.1) is 11.8 Å². The molecule has 4 heteroatoms. The molecule has 0 bridgehead atoms. The first kappa shape index (κ1) is 17.8. The van der Waals surface area contributed by atoms with Crippen molar-refractivity contribution < 1.29 is 0 Å². The second-order valence-corrected chi connectivity index (χ2v) is 7.44. The van der Waals surface area contributed by atoms with E-state index < -0.39 is 0 Å². The van der Waals surface area contributed by atoms with E-state index in [0.717, 1.165) is 24.7 Å². The highest BCUT2D eigenvalue weighted by atomic mass is 15.2. The van der Waals surface area contributed by atoms with Crippen LogP contribution < -0.4 is 11.1 Å². The summed E-state index contributed by atoms with van der Waals surface area (Å²) in [6, 6.07) is 8.39. The van der Waals surface area contributed by atoms with Gasteiger partial charge < -0.3 is 16.0 Å². The van der Waals surface area contributed by atoms with Gasteiger partial charge in [-0.2, -0.15) is 0 Å². The van der Waals surface area contributed by atoms with Gasteiger partial charge in [-0.05, 0) is 48.4 Å². The Balaban J connectivity index is 1.83. The molecule has 23 heavy (non-hydrogen) atoms. The van der Waals surface area contributed by atoms with E-state index in [2.05, 4.69) is 61.1 Å². The normalized spacial score (nSPS) is 19.7. The van der Waals surface area contributed by atoms with E-state index >= 15 is 0 Å². The quantitative estimate of drug-likeness (QED) is 0.624. The predicted octanol–water partition coefficient (Wildman–Crippen LogP) is 3.51. The highest BCUT2D eigenvalue weighted by Crippen LogP contribution is 2.19.